The van der Waals surface area contributed by atoms with E-state index in [0.717, 1.165) is 28.3 Å². The van der Waals surface area contributed by atoms with Crippen LogP contribution < -0.4 is 5.43 Å². The Balaban J connectivity index is 1.76. The lowest BCUT2D eigenvalue weighted by atomic mass is 10.2. The predicted molar refractivity (Wildman–Crippen MR) is 110 cm³/mol. The quantitative estimate of drug-likeness (QED) is 0.474. The highest BCUT2D eigenvalue weighted by molar-refractivity contribution is 6.36. The molecule has 0 unspecified atom stereocenters. The first-order valence-electron chi connectivity index (χ1n) is 8.47. The molecule has 4 aromatic rings. The molecule has 0 radical (unpaired) electrons. The molecule has 0 atom stereocenters. The van der Waals surface area contributed by atoms with Gasteiger partial charge in [-0.15, -0.1) is 10.2 Å². The Kier molecular flexibility index (Phi) is 5.10. The van der Waals surface area contributed by atoms with Crippen LogP contribution in [0, 0.1) is 0 Å². The molecule has 1 heterocycles. The van der Waals surface area contributed by atoms with Gasteiger partial charge in [0.05, 0.1) is 6.54 Å². The third kappa shape index (κ3) is 3.68. The van der Waals surface area contributed by atoms with Gasteiger partial charge < -0.3 is 5.43 Å². The number of rotatable bonds is 5. The Morgan fingerprint density at radius 2 is 1.15 bits per heavy atom. The first-order valence-corrected chi connectivity index (χ1v) is 9.22. The van der Waals surface area contributed by atoms with Crippen molar-refractivity contribution in [3.63, 3.8) is 0 Å². The van der Waals surface area contributed by atoms with Gasteiger partial charge in [0.25, 0.3) is 0 Å². The maximum atomic E-state index is 6.32. The summed E-state index contributed by atoms with van der Waals surface area (Å²) in [5, 5.41) is 10.0. The van der Waals surface area contributed by atoms with Crippen molar-refractivity contribution in [2.45, 2.75) is 6.54 Å². The minimum Gasteiger partial charge on any atom is -0.318 e. The number of nitrogens with one attached hydrogen (secondary N) is 1. The van der Waals surface area contributed by atoms with Gasteiger partial charge in [-0.2, -0.15) is 0 Å². The summed E-state index contributed by atoms with van der Waals surface area (Å²) in [6.07, 6.45) is 0. The number of hydrogen-bond donors (Lipinski definition) is 1. The van der Waals surface area contributed by atoms with Crippen LogP contribution in [0.4, 0.5) is 0 Å². The van der Waals surface area contributed by atoms with Crippen LogP contribution in [-0.4, -0.2) is 14.9 Å². The zero-order valence-electron chi connectivity index (χ0n) is 14.3. The number of benzene rings is 3. The first kappa shape index (κ1) is 17.6. The van der Waals surface area contributed by atoms with Crippen LogP contribution in [0.1, 0.15) is 5.56 Å². The second kappa shape index (κ2) is 7.82. The fourth-order valence-corrected chi connectivity index (χ4v) is 3.37. The van der Waals surface area contributed by atoms with Crippen molar-refractivity contribution in [1.82, 2.24) is 14.9 Å². The molecule has 4 nitrogen and oxygen atoms in total. The number of hydrogen-bond acceptors (Lipinski definition) is 3. The van der Waals surface area contributed by atoms with E-state index in [9.17, 15) is 0 Å². The maximum Gasteiger partial charge on any atom is 0.182 e. The lowest BCUT2D eigenvalue weighted by molar-refractivity contribution is 0.851. The van der Waals surface area contributed by atoms with Gasteiger partial charge in [-0.1, -0.05) is 89.9 Å². The van der Waals surface area contributed by atoms with Crippen LogP contribution in [-0.2, 0) is 6.54 Å². The minimum atomic E-state index is 0.441. The van der Waals surface area contributed by atoms with Gasteiger partial charge in [0.2, 0.25) is 0 Å². The van der Waals surface area contributed by atoms with Crippen LogP contribution in [0.25, 0.3) is 22.8 Å². The third-order valence-electron chi connectivity index (χ3n) is 4.20. The Hall–Kier alpha value is -2.82. The van der Waals surface area contributed by atoms with Crippen molar-refractivity contribution in [3.8, 4) is 22.8 Å². The number of aromatic nitrogens is 3. The molecule has 0 saturated carbocycles. The van der Waals surface area contributed by atoms with Crippen LogP contribution in [0.2, 0.25) is 10.0 Å². The Morgan fingerprint density at radius 1 is 0.667 bits per heavy atom. The second-order valence-corrected chi connectivity index (χ2v) is 6.76. The molecule has 0 saturated heterocycles. The van der Waals surface area contributed by atoms with Crippen LogP contribution in [0.15, 0.2) is 78.9 Å². The number of nitrogens with zero attached hydrogens (tertiary/aromatic N) is 3. The highest BCUT2D eigenvalue weighted by Gasteiger charge is 2.16. The van der Waals surface area contributed by atoms with Gasteiger partial charge in [-0.3, -0.25) is 0 Å². The predicted octanol–water partition coefficient (Wildman–Crippen LogP) is 5.66. The molecule has 134 valence electrons. The van der Waals surface area contributed by atoms with Crippen molar-refractivity contribution in [1.29, 1.82) is 0 Å². The minimum absolute atomic E-state index is 0.441. The smallest absolute Gasteiger partial charge is 0.182 e. The zero-order valence-corrected chi connectivity index (χ0v) is 15.8. The van der Waals surface area contributed by atoms with Gasteiger partial charge in [0.1, 0.15) is 0 Å². The fraction of sp³-hybridized carbons (Fsp3) is 0.0476. The Labute approximate surface area is 167 Å². The summed E-state index contributed by atoms with van der Waals surface area (Å²) in [5.74, 6) is 1.44. The fourth-order valence-electron chi connectivity index (χ4n) is 2.84. The largest absolute Gasteiger partial charge is 0.318 e. The van der Waals surface area contributed by atoms with E-state index >= 15 is 0 Å². The van der Waals surface area contributed by atoms with Crippen molar-refractivity contribution in [2.24, 2.45) is 0 Å². The SMILES string of the molecule is Clc1cccc(Cl)c1CNn1c(-c2ccccc2)nnc1-c1ccccc1. The molecule has 6 heteroatoms. The van der Waals surface area contributed by atoms with Gasteiger partial charge in [-0.05, 0) is 12.1 Å². The highest BCUT2D eigenvalue weighted by Crippen LogP contribution is 2.26. The summed E-state index contributed by atoms with van der Waals surface area (Å²) in [7, 11) is 0. The summed E-state index contributed by atoms with van der Waals surface area (Å²) < 4.78 is 1.88. The molecule has 0 aliphatic rings. The van der Waals surface area contributed by atoms with Crippen LogP contribution in [0.5, 0.6) is 0 Å². The van der Waals surface area contributed by atoms with Crippen molar-refractivity contribution in [2.75, 3.05) is 5.43 Å². The molecule has 0 spiro atoms. The first-order chi connectivity index (χ1) is 13.2. The van der Waals surface area contributed by atoms with E-state index in [2.05, 4.69) is 15.6 Å². The molecule has 1 aromatic heterocycles. The van der Waals surface area contributed by atoms with E-state index in [1.807, 2.05) is 83.5 Å². The lowest BCUT2D eigenvalue weighted by Gasteiger charge is -2.15. The molecule has 27 heavy (non-hydrogen) atoms. The standard InChI is InChI=1S/C21H16Cl2N4/c22-18-12-7-13-19(23)17(18)14-24-27-20(15-8-3-1-4-9-15)25-26-21(27)16-10-5-2-6-11-16/h1-13,24H,14H2. The summed E-state index contributed by atoms with van der Waals surface area (Å²) in [6.45, 7) is 0.441. The van der Waals surface area contributed by atoms with Gasteiger partial charge in [-0.25, -0.2) is 4.68 Å². The monoisotopic (exact) mass is 394 g/mol. The number of halogens is 2. The average molecular weight is 395 g/mol. The van der Waals surface area contributed by atoms with Crippen molar-refractivity contribution < 1.29 is 0 Å². The molecular formula is C21H16Cl2N4. The van der Waals surface area contributed by atoms with E-state index in [1.165, 1.54) is 0 Å². The molecule has 1 N–H and O–H groups in total. The topological polar surface area (TPSA) is 42.7 Å². The van der Waals surface area contributed by atoms with E-state index in [4.69, 9.17) is 23.2 Å². The maximum absolute atomic E-state index is 6.32. The van der Waals surface area contributed by atoms with Crippen molar-refractivity contribution >= 4 is 23.2 Å². The molecular weight excluding hydrogens is 379 g/mol. The molecule has 0 aliphatic heterocycles. The van der Waals surface area contributed by atoms with E-state index in [1.54, 1.807) is 0 Å². The Morgan fingerprint density at radius 3 is 1.63 bits per heavy atom. The van der Waals surface area contributed by atoms with Gasteiger partial charge in [0.15, 0.2) is 11.6 Å². The third-order valence-corrected chi connectivity index (χ3v) is 4.91. The molecule has 0 aliphatic carbocycles. The van der Waals surface area contributed by atoms with E-state index in [0.29, 0.717) is 16.6 Å². The van der Waals surface area contributed by atoms with Crippen LogP contribution in [0.3, 0.4) is 0 Å². The molecule has 0 amide bonds. The zero-order chi connectivity index (χ0) is 18.6. The van der Waals surface area contributed by atoms with E-state index in [-0.39, 0.29) is 0 Å². The normalized spacial score (nSPS) is 10.7. The van der Waals surface area contributed by atoms with Gasteiger partial charge in [0, 0.05) is 26.7 Å². The molecule has 3 aromatic carbocycles. The molecule has 0 bridgehead atoms. The average Bonchev–Trinajstić information content (AvgIpc) is 3.13. The summed E-state index contributed by atoms with van der Waals surface area (Å²) >= 11 is 12.6. The molecule has 0 fully saturated rings. The summed E-state index contributed by atoms with van der Waals surface area (Å²) in [5.41, 5.74) is 6.13. The summed E-state index contributed by atoms with van der Waals surface area (Å²) in [4.78, 5) is 0. The Bertz CT molecular complexity index is 969. The summed E-state index contributed by atoms with van der Waals surface area (Å²) in [6, 6.07) is 25.3. The van der Waals surface area contributed by atoms with Gasteiger partial charge >= 0.3 is 0 Å². The van der Waals surface area contributed by atoms with Crippen LogP contribution >= 0.6 is 23.2 Å². The lowest BCUT2D eigenvalue weighted by Crippen LogP contribution is -2.17. The second-order valence-electron chi connectivity index (χ2n) is 5.95. The van der Waals surface area contributed by atoms with E-state index < -0.39 is 0 Å². The molecule has 4 rings (SSSR count). The van der Waals surface area contributed by atoms with Crippen molar-refractivity contribution in [3.05, 3.63) is 94.5 Å². The highest BCUT2D eigenvalue weighted by atomic mass is 35.5.